The first-order valence-corrected chi connectivity index (χ1v) is 6.79. The van der Waals surface area contributed by atoms with Gasteiger partial charge in [0.25, 0.3) is 6.01 Å². The van der Waals surface area contributed by atoms with Crippen LogP contribution in [0.5, 0.6) is 0 Å². The van der Waals surface area contributed by atoms with Gasteiger partial charge in [0.15, 0.2) is 5.58 Å². The van der Waals surface area contributed by atoms with Crippen molar-refractivity contribution in [3.8, 4) is 0 Å². The summed E-state index contributed by atoms with van der Waals surface area (Å²) in [5.74, 6) is 0. The number of anilines is 1. The molecule has 2 aromatic rings. The molecule has 0 unspecified atom stereocenters. The van der Waals surface area contributed by atoms with E-state index >= 15 is 0 Å². The van der Waals surface area contributed by atoms with Gasteiger partial charge in [-0.3, -0.25) is 4.90 Å². The van der Waals surface area contributed by atoms with Crippen molar-refractivity contribution in [2.24, 2.45) is 0 Å². The molecule has 1 fully saturated rings. The topological polar surface area (TPSA) is 50.5 Å². The summed E-state index contributed by atoms with van der Waals surface area (Å²) in [7, 11) is 0. The van der Waals surface area contributed by atoms with Gasteiger partial charge in [-0.15, -0.1) is 0 Å². The molecule has 1 aliphatic rings. The van der Waals surface area contributed by atoms with Gasteiger partial charge in [-0.2, -0.15) is 4.98 Å². The quantitative estimate of drug-likeness (QED) is 0.931. The minimum Gasteiger partial charge on any atom is -0.424 e. The first-order valence-electron chi connectivity index (χ1n) is 6.41. The molecule has 5 nitrogen and oxygen atoms in total. The van der Waals surface area contributed by atoms with E-state index in [-0.39, 0.29) is 0 Å². The molecule has 2 heterocycles. The summed E-state index contributed by atoms with van der Waals surface area (Å²) in [5.41, 5.74) is 1.53. The molecule has 0 bridgehead atoms. The SMILES string of the molecule is Clc1ccc2oc(NCCN3CCOCC3)nc2c1. The summed E-state index contributed by atoms with van der Waals surface area (Å²) in [6.45, 7) is 5.39. The molecule has 3 rings (SSSR count). The van der Waals surface area contributed by atoms with E-state index in [9.17, 15) is 0 Å². The summed E-state index contributed by atoms with van der Waals surface area (Å²) in [6, 6.07) is 5.98. The van der Waals surface area contributed by atoms with Crippen molar-refractivity contribution >= 4 is 28.7 Å². The van der Waals surface area contributed by atoms with Crippen molar-refractivity contribution in [1.29, 1.82) is 0 Å². The summed E-state index contributed by atoms with van der Waals surface area (Å²) < 4.78 is 10.9. The molecular weight excluding hydrogens is 266 g/mol. The van der Waals surface area contributed by atoms with Crippen LogP contribution in [0.4, 0.5) is 6.01 Å². The average molecular weight is 282 g/mol. The van der Waals surface area contributed by atoms with Gasteiger partial charge in [-0.25, -0.2) is 0 Å². The number of nitrogens with zero attached hydrogens (tertiary/aromatic N) is 2. The normalized spacial score (nSPS) is 16.9. The van der Waals surface area contributed by atoms with Gasteiger partial charge in [0.05, 0.1) is 13.2 Å². The Balaban J connectivity index is 1.56. The molecule has 0 atom stereocenters. The number of fused-ring (bicyclic) bond motifs is 1. The molecule has 19 heavy (non-hydrogen) atoms. The average Bonchev–Trinajstić information content (AvgIpc) is 2.82. The molecule has 6 heteroatoms. The number of rotatable bonds is 4. The largest absolute Gasteiger partial charge is 0.424 e. The highest BCUT2D eigenvalue weighted by molar-refractivity contribution is 6.31. The Morgan fingerprint density at radius 3 is 3.00 bits per heavy atom. The van der Waals surface area contributed by atoms with Crippen molar-refractivity contribution in [2.75, 3.05) is 44.7 Å². The highest BCUT2D eigenvalue weighted by Crippen LogP contribution is 2.22. The number of hydrogen-bond acceptors (Lipinski definition) is 5. The molecule has 0 saturated carbocycles. The number of hydrogen-bond donors (Lipinski definition) is 1. The summed E-state index contributed by atoms with van der Waals surface area (Å²) in [6.07, 6.45) is 0. The van der Waals surface area contributed by atoms with E-state index in [2.05, 4.69) is 15.2 Å². The maximum absolute atomic E-state index is 5.91. The Morgan fingerprint density at radius 1 is 1.32 bits per heavy atom. The van der Waals surface area contributed by atoms with Crippen LogP contribution in [0.3, 0.4) is 0 Å². The molecular formula is C13H16ClN3O2. The van der Waals surface area contributed by atoms with Crippen LogP contribution in [0.1, 0.15) is 0 Å². The molecule has 1 aliphatic heterocycles. The number of benzene rings is 1. The number of halogens is 1. The van der Waals surface area contributed by atoms with E-state index < -0.39 is 0 Å². The van der Waals surface area contributed by atoms with Gasteiger partial charge in [0, 0.05) is 31.2 Å². The fourth-order valence-corrected chi connectivity index (χ4v) is 2.29. The summed E-state index contributed by atoms with van der Waals surface area (Å²) >= 11 is 5.91. The zero-order valence-corrected chi connectivity index (χ0v) is 11.3. The maximum atomic E-state index is 5.91. The van der Waals surface area contributed by atoms with E-state index in [1.165, 1.54) is 0 Å². The first-order chi connectivity index (χ1) is 9.31. The molecule has 1 saturated heterocycles. The number of oxazole rings is 1. The van der Waals surface area contributed by atoms with Crippen LogP contribution in [0.15, 0.2) is 22.6 Å². The number of nitrogens with one attached hydrogen (secondary N) is 1. The molecule has 102 valence electrons. The fourth-order valence-electron chi connectivity index (χ4n) is 2.12. The number of aromatic nitrogens is 1. The molecule has 1 N–H and O–H groups in total. The second-order valence-electron chi connectivity index (χ2n) is 4.51. The third-order valence-corrected chi connectivity index (χ3v) is 3.39. The Bertz CT molecular complexity index is 552. The van der Waals surface area contributed by atoms with Crippen molar-refractivity contribution in [3.63, 3.8) is 0 Å². The lowest BCUT2D eigenvalue weighted by molar-refractivity contribution is 0.0398. The highest BCUT2D eigenvalue weighted by atomic mass is 35.5. The third-order valence-electron chi connectivity index (χ3n) is 3.16. The van der Waals surface area contributed by atoms with Crippen molar-refractivity contribution in [3.05, 3.63) is 23.2 Å². The lowest BCUT2D eigenvalue weighted by atomic mass is 10.3. The molecule has 0 amide bonds. The molecule has 0 radical (unpaired) electrons. The van der Waals surface area contributed by atoms with E-state index in [0.717, 1.165) is 50.5 Å². The van der Waals surface area contributed by atoms with Crippen molar-refractivity contribution in [1.82, 2.24) is 9.88 Å². The van der Waals surface area contributed by atoms with E-state index in [0.29, 0.717) is 11.0 Å². The zero-order valence-electron chi connectivity index (χ0n) is 10.6. The lowest BCUT2D eigenvalue weighted by Gasteiger charge is -2.26. The van der Waals surface area contributed by atoms with Crippen LogP contribution in [0.25, 0.3) is 11.1 Å². The Hall–Kier alpha value is -1.30. The van der Waals surface area contributed by atoms with Gasteiger partial charge in [-0.05, 0) is 18.2 Å². The molecule has 0 spiro atoms. The van der Waals surface area contributed by atoms with Gasteiger partial charge in [-0.1, -0.05) is 11.6 Å². The predicted octanol–water partition coefficient (Wildman–Crippen LogP) is 2.23. The lowest BCUT2D eigenvalue weighted by Crippen LogP contribution is -2.39. The minimum atomic E-state index is 0.547. The Labute approximate surface area is 116 Å². The molecule has 1 aromatic carbocycles. The summed E-state index contributed by atoms with van der Waals surface area (Å²) in [4.78, 5) is 6.71. The monoisotopic (exact) mass is 281 g/mol. The van der Waals surface area contributed by atoms with Crippen LogP contribution < -0.4 is 5.32 Å². The van der Waals surface area contributed by atoms with E-state index in [1.807, 2.05) is 6.07 Å². The Kier molecular flexibility index (Phi) is 3.87. The maximum Gasteiger partial charge on any atom is 0.295 e. The fraction of sp³-hybridized carbons (Fsp3) is 0.462. The van der Waals surface area contributed by atoms with Crippen LogP contribution in [0, 0.1) is 0 Å². The van der Waals surface area contributed by atoms with Gasteiger partial charge >= 0.3 is 0 Å². The van der Waals surface area contributed by atoms with Gasteiger partial charge in [0.2, 0.25) is 0 Å². The second kappa shape index (κ2) is 5.77. The van der Waals surface area contributed by atoms with E-state index in [4.69, 9.17) is 20.8 Å². The summed E-state index contributed by atoms with van der Waals surface area (Å²) in [5, 5.41) is 3.86. The van der Waals surface area contributed by atoms with Crippen LogP contribution in [-0.2, 0) is 4.74 Å². The number of ether oxygens (including phenoxy) is 1. The van der Waals surface area contributed by atoms with Crippen molar-refractivity contribution in [2.45, 2.75) is 0 Å². The standard InChI is InChI=1S/C13H16ClN3O2/c14-10-1-2-12-11(9-10)16-13(19-12)15-3-4-17-5-7-18-8-6-17/h1-2,9H,3-8H2,(H,15,16). The second-order valence-corrected chi connectivity index (χ2v) is 4.95. The van der Waals surface area contributed by atoms with Crippen LogP contribution in [-0.4, -0.2) is 49.3 Å². The predicted molar refractivity (Wildman–Crippen MR) is 74.8 cm³/mol. The number of morpholine rings is 1. The minimum absolute atomic E-state index is 0.547. The van der Waals surface area contributed by atoms with E-state index in [1.54, 1.807) is 12.1 Å². The first kappa shape index (κ1) is 12.7. The zero-order chi connectivity index (χ0) is 13.1. The third kappa shape index (κ3) is 3.18. The van der Waals surface area contributed by atoms with Crippen LogP contribution >= 0.6 is 11.6 Å². The van der Waals surface area contributed by atoms with Crippen molar-refractivity contribution < 1.29 is 9.15 Å². The highest BCUT2D eigenvalue weighted by Gasteiger charge is 2.10. The van der Waals surface area contributed by atoms with Gasteiger partial charge < -0.3 is 14.5 Å². The van der Waals surface area contributed by atoms with Crippen LogP contribution in [0.2, 0.25) is 5.02 Å². The Morgan fingerprint density at radius 2 is 2.16 bits per heavy atom. The molecule has 1 aromatic heterocycles. The molecule has 0 aliphatic carbocycles. The smallest absolute Gasteiger partial charge is 0.295 e. The van der Waals surface area contributed by atoms with Gasteiger partial charge in [0.1, 0.15) is 5.52 Å².